The summed E-state index contributed by atoms with van der Waals surface area (Å²) in [6.45, 7) is 3.49. The molecule has 0 aromatic rings. The number of ketones is 1. The third-order valence-corrected chi connectivity index (χ3v) is 2.65. The molecular formula is C11H14O5. The van der Waals surface area contributed by atoms with E-state index in [4.69, 9.17) is 9.47 Å². The number of fused-ring (bicyclic) bond motifs is 1. The molecule has 0 saturated carbocycles. The van der Waals surface area contributed by atoms with Crippen LogP contribution in [0.1, 0.15) is 20.3 Å². The predicted molar refractivity (Wildman–Crippen MR) is 53.5 cm³/mol. The first-order valence-electron chi connectivity index (χ1n) is 5.11. The predicted octanol–water partition coefficient (Wildman–Crippen LogP) is 0.579. The molecule has 0 aromatic heterocycles. The van der Waals surface area contributed by atoms with Crippen molar-refractivity contribution in [2.75, 3.05) is 7.11 Å². The molecule has 1 heterocycles. The normalized spacial score (nSPS) is 31.9. The number of carbonyl (C=O) groups excluding carboxylic acids is 2. The zero-order chi connectivity index (χ0) is 11.9. The van der Waals surface area contributed by atoms with E-state index in [2.05, 4.69) is 4.74 Å². The van der Waals surface area contributed by atoms with Crippen LogP contribution in [0.15, 0.2) is 11.6 Å². The third kappa shape index (κ3) is 1.88. The van der Waals surface area contributed by atoms with Gasteiger partial charge in [-0.3, -0.25) is 4.79 Å². The van der Waals surface area contributed by atoms with Crippen molar-refractivity contribution in [1.29, 1.82) is 0 Å². The highest BCUT2D eigenvalue weighted by molar-refractivity contribution is 6.03. The number of methoxy groups -OCH3 is 1. The van der Waals surface area contributed by atoms with Crippen LogP contribution >= 0.6 is 0 Å². The summed E-state index contributed by atoms with van der Waals surface area (Å²) >= 11 is 0. The van der Waals surface area contributed by atoms with Gasteiger partial charge in [-0.1, -0.05) is 0 Å². The van der Waals surface area contributed by atoms with Gasteiger partial charge in [-0.15, -0.1) is 0 Å². The quantitative estimate of drug-likeness (QED) is 0.612. The van der Waals surface area contributed by atoms with Crippen LogP contribution in [0.25, 0.3) is 0 Å². The van der Waals surface area contributed by atoms with Gasteiger partial charge in [-0.05, 0) is 19.9 Å². The summed E-state index contributed by atoms with van der Waals surface area (Å²) in [5, 5.41) is 0. The summed E-state index contributed by atoms with van der Waals surface area (Å²) in [5.74, 6) is -1.49. The molecule has 1 saturated heterocycles. The van der Waals surface area contributed by atoms with Crippen molar-refractivity contribution in [3.05, 3.63) is 11.6 Å². The summed E-state index contributed by atoms with van der Waals surface area (Å²) < 4.78 is 15.6. The minimum atomic E-state index is -0.773. The highest BCUT2D eigenvalue weighted by atomic mass is 16.8. The van der Waals surface area contributed by atoms with E-state index in [1.54, 1.807) is 13.8 Å². The lowest BCUT2D eigenvalue weighted by atomic mass is 9.93. The van der Waals surface area contributed by atoms with Gasteiger partial charge in [0, 0.05) is 12.0 Å². The van der Waals surface area contributed by atoms with E-state index >= 15 is 0 Å². The maximum Gasteiger partial charge on any atom is 0.333 e. The number of hydrogen-bond donors (Lipinski definition) is 0. The SMILES string of the molecule is COC(=O)C1=CC(=O)C2OC(C)(C)OC2C1. The average Bonchev–Trinajstić information content (AvgIpc) is 2.52. The monoisotopic (exact) mass is 226 g/mol. The number of esters is 1. The van der Waals surface area contributed by atoms with Crippen LogP contribution in [-0.4, -0.2) is 36.9 Å². The summed E-state index contributed by atoms with van der Waals surface area (Å²) in [6.07, 6.45) is 0.662. The Morgan fingerprint density at radius 2 is 2.19 bits per heavy atom. The summed E-state index contributed by atoms with van der Waals surface area (Å²) in [5.41, 5.74) is 0.343. The molecule has 0 N–H and O–H groups in total. The second-order valence-corrected chi connectivity index (χ2v) is 4.36. The van der Waals surface area contributed by atoms with Crippen molar-refractivity contribution in [3.63, 3.8) is 0 Å². The van der Waals surface area contributed by atoms with E-state index in [9.17, 15) is 9.59 Å². The van der Waals surface area contributed by atoms with Crippen LogP contribution < -0.4 is 0 Å². The summed E-state index contributed by atoms with van der Waals surface area (Å²) in [6, 6.07) is 0. The second kappa shape index (κ2) is 3.68. The van der Waals surface area contributed by atoms with Gasteiger partial charge in [0.05, 0.1) is 13.2 Å². The van der Waals surface area contributed by atoms with Crippen LogP contribution in [0.5, 0.6) is 0 Å². The first-order chi connectivity index (χ1) is 7.43. The minimum Gasteiger partial charge on any atom is -0.466 e. The van der Waals surface area contributed by atoms with Gasteiger partial charge < -0.3 is 14.2 Å². The standard InChI is InChI=1S/C11H14O5/c1-11(2)15-8-5-6(10(13)14-3)4-7(12)9(8)16-11/h4,8-9H,5H2,1-3H3. The molecule has 2 atom stereocenters. The molecule has 1 aliphatic carbocycles. The van der Waals surface area contributed by atoms with E-state index in [-0.39, 0.29) is 11.9 Å². The van der Waals surface area contributed by atoms with Crippen molar-refractivity contribution in [1.82, 2.24) is 0 Å². The number of rotatable bonds is 1. The van der Waals surface area contributed by atoms with Crippen LogP contribution in [-0.2, 0) is 23.8 Å². The fraction of sp³-hybridized carbons (Fsp3) is 0.636. The lowest BCUT2D eigenvalue weighted by Gasteiger charge is -2.20. The Morgan fingerprint density at radius 3 is 2.81 bits per heavy atom. The van der Waals surface area contributed by atoms with Gasteiger partial charge in [0.2, 0.25) is 0 Å². The van der Waals surface area contributed by atoms with Crippen LogP contribution in [0, 0.1) is 0 Å². The Kier molecular flexibility index (Phi) is 2.59. The summed E-state index contributed by atoms with van der Waals surface area (Å²) in [4.78, 5) is 23.0. The molecule has 0 aromatic carbocycles. The van der Waals surface area contributed by atoms with Gasteiger partial charge in [-0.25, -0.2) is 4.79 Å². The molecule has 0 amide bonds. The Balaban J connectivity index is 2.20. The first kappa shape index (κ1) is 11.3. The van der Waals surface area contributed by atoms with Gasteiger partial charge >= 0.3 is 5.97 Å². The molecule has 0 bridgehead atoms. The topological polar surface area (TPSA) is 61.8 Å². The maximum absolute atomic E-state index is 11.7. The Labute approximate surface area is 93.4 Å². The second-order valence-electron chi connectivity index (χ2n) is 4.36. The molecule has 2 rings (SSSR count). The van der Waals surface area contributed by atoms with Crippen molar-refractivity contribution in [2.24, 2.45) is 0 Å². The Bertz CT molecular complexity index is 369. The Morgan fingerprint density at radius 1 is 1.50 bits per heavy atom. The molecule has 16 heavy (non-hydrogen) atoms. The molecule has 5 nitrogen and oxygen atoms in total. The zero-order valence-corrected chi connectivity index (χ0v) is 9.48. The van der Waals surface area contributed by atoms with Crippen molar-refractivity contribution < 1.29 is 23.8 Å². The van der Waals surface area contributed by atoms with Crippen molar-refractivity contribution >= 4 is 11.8 Å². The fourth-order valence-corrected chi connectivity index (χ4v) is 2.03. The molecule has 1 fully saturated rings. The van der Waals surface area contributed by atoms with Crippen LogP contribution in [0.2, 0.25) is 0 Å². The van der Waals surface area contributed by atoms with Gasteiger partial charge in [0.15, 0.2) is 11.6 Å². The van der Waals surface area contributed by atoms with Gasteiger partial charge in [-0.2, -0.15) is 0 Å². The molecule has 1 aliphatic heterocycles. The number of ether oxygens (including phenoxy) is 3. The molecule has 2 unspecified atom stereocenters. The molecule has 88 valence electrons. The fourth-order valence-electron chi connectivity index (χ4n) is 2.03. The van der Waals surface area contributed by atoms with Crippen LogP contribution in [0.4, 0.5) is 0 Å². The lowest BCUT2D eigenvalue weighted by Crippen LogP contribution is -2.35. The van der Waals surface area contributed by atoms with E-state index < -0.39 is 17.9 Å². The maximum atomic E-state index is 11.7. The van der Waals surface area contributed by atoms with Crippen LogP contribution in [0.3, 0.4) is 0 Å². The molecule has 0 radical (unpaired) electrons. The average molecular weight is 226 g/mol. The lowest BCUT2D eigenvalue weighted by molar-refractivity contribution is -0.152. The molecular weight excluding hydrogens is 212 g/mol. The third-order valence-electron chi connectivity index (χ3n) is 2.65. The first-order valence-corrected chi connectivity index (χ1v) is 5.11. The van der Waals surface area contributed by atoms with Gasteiger partial charge in [0.1, 0.15) is 6.10 Å². The zero-order valence-electron chi connectivity index (χ0n) is 9.48. The van der Waals surface area contributed by atoms with Crippen molar-refractivity contribution in [3.8, 4) is 0 Å². The molecule has 5 heteroatoms. The number of hydrogen-bond acceptors (Lipinski definition) is 5. The highest BCUT2D eigenvalue weighted by Gasteiger charge is 2.47. The highest BCUT2D eigenvalue weighted by Crippen LogP contribution is 2.35. The van der Waals surface area contributed by atoms with E-state index in [1.807, 2.05) is 0 Å². The van der Waals surface area contributed by atoms with E-state index in [0.29, 0.717) is 12.0 Å². The molecule has 0 spiro atoms. The summed E-state index contributed by atoms with van der Waals surface area (Å²) in [7, 11) is 1.29. The minimum absolute atomic E-state index is 0.234. The van der Waals surface area contributed by atoms with Crippen molar-refractivity contribution in [2.45, 2.75) is 38.3 Å². The van der Waals surface area contributed by atoms with Gasteiger partial charge in [0.25, 0.3) is 0 Å². The van der Waals surface area contributed by atoms with E-state index in [0.717, 1.165) is 0 Å². The van der Waals surface area contributed by atoms with E-state index in [1.165, 1.54) is 13.2 Å². The smallest absolute Gasteiger partial charge is 0.333 e. The number of carbonyl (C=O) groups is 2. The Hall–Kier alpha value is -1.20. The largest absolute Gasteiger partial charge is 0.466 e. The molecule has 2 aliphatic rings.